The first-order valence-corrected chi connectivity index (χ1v) is 12.5. The number of hydrogen-bond acceptors (Lipinski definition) is 4. The Kier molecular flexibility index (Phi) is 4.57. The van der Waals surface area contributed by atoms with Crippen LogP contribution in [-0.2, 0) is 28.0 Å². The molecule has 0 N–H and O–H groups in total. The Morgan fingerprint density at radius 3 is 2.42 bits per heavy atom. The van der Waals surface area contributed by atoms with Crippen LogP contribution in [0.3, 0.4) is 0 Å². The first kappa shape index (κ1) is 21.3. The molecule has 0 amide bonds. The van der Waals surface area contributed by atoms with Crippen LogP contribution in [0.25, 0.3) is 16.3 Å². The Labute approximate surface area is 209 Å². The summed E-state index contributed by atoms with van der Waals surface area (Å²) in [5.41, 5.74) is 5.27. The van der Waals surface area contributed by atoms with Gasteiger partial charge in [-0.05, 0) is 46.4 Å². The summed E-state index contributed by atoms with van der Waals surface area (Å²) in [6.45, 7) is 2.69. The minimum Gasteiger partial charge on any atom is -0.463 e. The second-order valence-electron chi connectivity index (χ2n) is 9.74. The fourth-order valence-corrected chi connectivity index (χ4v) is 6.74. The molecule has 0 bridgehead atoms. The Balaban J connectivity index is 1.61. The zero-order valence-corrected chi connectivity index (χ0v) is 20.0. The monoisotopic (exact) mass is 471 g/mol. The van der Waals surface area contributed by atoms with Crippen molar-refractivity contribution in [3.63, 3.8) is 0 Å². The summed E-state index contributed by atoms with van der Waals surface area (Å²) in [4.78, 5) is 30.8. The van der Waals surface area contributed by atoms with E-state index in [4.69, 9.17) is 4.74 Å². The fourth-order valence-electron chi connectivity index (χ4n) is 6.74. The number of ether oxygens (including phenoxy) is 1. The summed E-state index contributed by atoms with van der Waals surface area (Å²) >= 11 is 0. The summed E-state index contributed by atoms with van der Waals surface area (Å²) in [7, 11) is 0. The number of hydrogen-bond donors (Lipinski definition) is 0. The lowest BCUT2D eigenvalue weighted by Gasteiger charge is -2.43. The van der Waals surface area contributed by atoms with Crippen molar-refractivity contribution in [1.82, 2.24) is 4.90 Å². The summed E-state index contributed by atoms with van der Waals surface area (Å²) in [5.74, 6) is -0.296. The van der Waals surface area contributed by atoms with Gasteiger partial charge in [0.1, 0.15) is 5.54 Å². The third-order valence-corrected chi connectivity index (χ3v) is 8.07. The molecule has 36 heavy (non-hydrogen) atoms. The van der Waals surface area contributed by atoms with Crippen molar-refractivity contribution < 1.29 is 14.3 Å². The van der Waals surface area contributed by atoms with Crippen molar-refractivity contribution in [3.8, 4) is 0 Å². The van der Waals surface area contributed by atoms with Gasteiger partial charge in [-0.15, -0.1) is 0 Å². The highest BCUT2D eigenvalue weighted by Crippen LogP contribution is 2.59. The lowest BCUT2D eigenvalue weighted by atomic mass is 9.78. The maximum atomic E-state index is 14.8. The van der Waals surface area contributed by atoms with Crippen LogP contribution >= 0.6 is 0 Å². The molecule has 7 rings (SSSR count). The lowest BCUT2D eigenvalue weighted by Crippen LogP contribution is -2.52. The fraction of sp³-hybridized carbons (Fsp3) is 0.188. The molecule has 0 unspecified atom stereocenters. The summed E-state index contributed by atoms with van der Waals surface area (Å²) in [6.07, 6.45) is 0.655. The Hall–Kier alpha value is -4.02. The molecule has 0 aromatic heterocycles. The van der Waals surface area contributed by atoms with Gasteiger partial charge < -0.3 is 4.74 Å². The number of carbonyl (C=O) groups is 2. The van der Waals surface area contributed by atoms with E-state index in [2.05, 4.69) is 35.2 Å². The van der Waals surface area contributed by atoms with Gasteiger partial charge in [-0.25, -0.2) is 4.79 Å². The normalized spacial score (nSPS) is 22.2. The van der Waals surface area contributed by atoms with Crippen molar-refractivity contribution in [2.45, 2.75) is 31.5 Å². The summed E-state index contributed by atoms with van der Waals surface area (Å²) in [5, 5.41) is 2.03. The van der Waals surface area contributed by atoms with E-state index in [0.717, 1.165) is 33.0 Å². The molecule has 0 radical (unpaired) electrons. The number of rotatable bonds is 3. The second kappa shape index (κ2) is 7.74. The van der Waals surface area contributed by atoms with E-state index in [1.54, 1.807) is 0 Å². The highest BCUT2D eigenvalue weighted by Gasteiger charge is 2.63. The van der Waals surface area contributed by atoms with E-state index >= 15 is 0 Å². The van der Waals surface area contributed by atoms with Gasteiger partial charge in [0.05, 0.1) is 12.2 Å². The molecule has 1 spiro atoms. The van der Waals surface area contributed by atoms with E-state index in [1.165, 1.54) is 11.1 Å². The van der Waals surface area contributed by atoms with Gasteiger partial charge in [-0.2, -0.15) is 0 Å². The predicted molar refractivity (Wildman–Crippen MR) is 139 cm³/mol. The van der Waals surface area contributed by atoms with E-state index in [1.807, 2.05) is 67.6 Å². The van der Waals surface area contributed by atoms with Gasteiger partial charge in [0, 0.05) is 23.7 Å². The third-order valence-electron chi connectivity index (χ3n) is 8.07. The molecule has 4 heteroatoms. The molecule has 0 saturated carbocycles. The summed E-state index contributed by atoms with van der Waals surface area (Å²) in [6, 6.07) is 30.1. The quantitative estimate of drug-likeness (QED) is 0.360. The molecule has 4 nitrogen and oxygen atoms in total. The third kappa shape index (κ3) is 2.62. The SMILES string of the molecule is CCOC(=O)C1=C(c2ccccc2)[C@]2(C(=O)c3cccc4cccc2c34)N2Cc3ccccc3C[C@@H]12. The molecular weight excluding hydrogens is 446 g/mol. The van der Waals surface area contributed by atoms with Gasteiger partial charge in [-0.3, -0.25) is 9.69 Å². The molecular formula is C32H25NO3. The number of Topliss-reactive ketones (excluding diaryl/α,β-unsaturated/α-hetero) is 1. The minimum absolute atomic E-state index is 0.0387. The molecule has 3 aliphatic rings. The van der Waals surface area contributed by atoms with Crippen LogP contribution in [0.5, 0.6) is 0 Å². The maximum absolute atomic E-state index is 14.8. The first-order chi connectivity index (χ1) is 17.7. The van der Waals surface area contributed by atoms with Crippen LogP contribution in [-0.4, -0.2) is 29.3 Å². The zero-order chi connectivity index (χ0) is 24.4. The average molecular weight is 472 g/mol. The smallest absolute Gasteiger partial charge is 0.336 e. The maximum Gasteiger partial charge on any atom is 0.336 e. The highest BCUT2D eigenvalue weighted by atomic mass is 16.5. The minimum atomic E-state index is -1.09. The molecule has 2 atom stereocenters. The Morgan fingerprint density at radius 2 is 1.64 bits per heavy atom. The second-order valence-corrected chi connectivity index (χ2v) is 9.74. The topological polar surface area (TPSA) is 46.6 Å². The zero-order valence-electron chi connectivity index (χ0n) is 20.0. The van der Waals surface area contributed by atoms with Crippen LogP contribution in [0.1, 0.15) is 39.5 Å². The van der Waals surface area contributed by atoms with Gasteiger partial charge >= 0.3 is 5.97 Å². The first-order valence-electron chi connectivity index (χ1n) is 12.5. The number of benzene rings is 4. The molecule has 2 aliphatic heterocycles. The van der Waals surface area contributed by atoms with E-state index in [-0.39, 0.29) is 24.4 Å². The van der Waals surface area contributed by atoms with E-state index < -0.39 is 5.54 Å². The number of esters is 1. The number of carbonyl (C=O) groups excluding carboxylic acids is 2. The largest absolute Gasteiger partial charge is 0.463 e. The van der Waals surface area contributed by atoms with E-state index in [0.29, 0.717) is 18.5 Å². The van der Waals surface area contributed by atoms with Crippen LogP contribution < -0.4 is 0 Å². The summed E-state index contributed by atoms with van der Waals surface area (Å²) < 4.78 is 5.67. The van der Waals surface area contributed by atoms with Crippen molar-refractivity contribution in [2.24, 2.45) is 0 Å². The van der Waals surface area contributed by atoms with Crippen LogP contribution in [0, 0.1) is 0 Å². The van der Waals surface area contributed by atoms with Crippen LogP contribution in [0.2, 0.25) is 0 Å². The average Bonchev–Trinajstić information content (AvgIpc) is 3.35. The van der Waals surface area contributed by atoms with Crippen molar-refractivity contribution in [3.05, 3.63) is 124 Å². The van der Waals surface area contributed by atoms with Crippen molar-refractivity contribution in [2.75, 3.05) is 6.61 Å². The van der Waals surface area contributed by atoms with Gasteiger partial charge in [-0.1, -0.05) is 91.0 Å². The van der Waals surface area contributed by atoms with Gasteiger partial charge in [0.2, 0.25) is 0 Å². The molecule has 0 saturated heterocycles. The molecule has 1 aliphatic carbocycles. The molecule has 0 fully saturated rings. The number of nitrogens with zero attached hydrogens (tertiary/aromatic N) is 1. The standard InChI is InChI=1S/C32H25NO3/c1-2-36-31(35)28-26-18-22-12-6-7-13-23(22)19-33(26)32(29(28)21-10-4-3-5-11-21)25-17-9-15-20-14-8-16-24(27(20)25)30(32)34/h3-17,26H,2,18-19H2,1H3/t26-,32+/m0/s1. The number of ketones is 1. The molecule has 176 valence electrons. The van der Waals surface area contributed by atoms with Gasteiger partial charge in [0.25, 0.3) is 0 Å². The molecule has 2 heterocycles. The lowest BCUT2D eigenvalue weighted by molar-refractivity contribution is -0.139. The number of fused-ring (bicyclic) bond motifs is 4. The van der Waals surface area contributed by atoms with Crippen LogP contribution in [0.4, 0.5) is 0 Å². The predicted octanol–water partition coefficient (Wildman–Crippen LogP) is 5.69. The Morgan fingerprint density at radius 1 is 0.917 bits per heavy atom. The van der Waals surface area contributed by atoms with Crippen molar-refractivity contribution >= 4 is 28.1 Å². The van der Waals surface area contributed by atoms with Crippen LogP contribution in [0.15, 0.2) is 96.6 Å². The van der Waals surface area contributed by atoms with E-state index in [9.17, 15) is 9.59 Å². The molecule has 4 aromatic carbocycles. The molecule has 4 aromatic rings. The van der Waals surface area contributed by atoms with Gasteiger partial charge in [0.15, 0.2) is 5.78 Å². The van der Waals surface area contributed by atoms with Crippen molar-refractivity contribution in [1.29, 1.82) is 0 Å². The Bertz CT molecular complexity index is 1600. The highest BCUT2D eigenvalue weighted by molar-refractivity contribution is 6.27.